The van der Waals surface area contributed by atoms with Gasteiger partial charge in [0.15, 0.2) is 0 Å². The molecule has 5 heteroatoms. The molecule has 0 bridgehead atoms. The summed E-state index contributed by atoms with van der Waals surface area (Å²) in [6, 6.07) is 0. The van der Waals surface area contributed by atoms with Gasteiger partial charge in [-0.3, -0.25) is 0 Å². The van der Waals surface area contributed by atoms with Gasteiger partial charge in [-0.05, 0) is 37.2 Å². The van der Waals surface area contributed by atoms with Gasteiger partial charge in [-0.15, -0.1) is 0 Å². The molecule has 0 spiro atoms. The van der Waals surface area contributed by atoms with Gasteiger partial charge in [0.05, 0.1) is 18.6 Å². The summed E-state index contributed by atoms with van der Waals surface area (Å²) in [7, 11) is 0. The Morgan fingerprint density at radius 3 is 2.80 bits per heavy atom. The third kappa shape index (κ3) is 3.11. The molecule has 2 aliphatic rings. The van der Waals surface area contributed by atoms with Gasteiger partial charge in [0.25, 0.3) is 0 Å². The van der Waals surface area contributed by atoms with Crippen LogP contribution in [-0.2, 0) is 9.53 Å². The molecular weight excluding hydrogens is 260 g/mol. The van der Waals surface area contributed by atoms with Crippen molar-refractivity contribution in [2.45, 2.75) is 37.9 Å². The molecule has 0 amide bonds. The Balaban J connectivity index is 2.25. The minimum atomic E-state index is -0.796. The van der Waals surface area contributed by atoms with Gasteiger partial charge in [0.1, 0.15) is 6.10 Å². The van der Waals surface area contributed by atoms with E-state index in [4.69, 9.17) is 4.74 Å². The first-order valence-electron chi connectivity index (χ1n) is 7.04. The van der Waals surface area contributed by atoms with Crippen LogP contribution in [0.3, 0.4) is 0 Å². The van der Waals surface area contributed by atoms with Crippen molar-refractivity contribution < 1.29 is 24.9 Å². The number of aliphatic hydroxyl groups excluding tert-OH is 3. The lowest BCUT2D eigenvalue weighted by Crippen LogP contribution is -2.32. The molecule has 4 atom stereocenters. The quantitative estimate of drug-likeness (QED) is 0.391. The first-order valence-corrected chi connectivity index (χ1v) is 7.04. The van der Waals surface area contributed by atoms with Crippen molar-refractivity contribution >= 4 is 5.97 Å². The zero-order valence-electron chi connectivity index (χ0n) is 11.5. The fourth-order valence-electron chi connectivity index (χ4n) is 3.07. The van der Waals surface area contributed by atoms with Crippen LogP contribution >= 0.6 is 0 Å². The molecule has 1 saturated heterocycles. The van der Waals surface area contributed by atoms with E-state index in [1.54, 1.807) is 0 Å². The van der Waals surface area contributed by atoms with Crippen LogP contribution in [0, 0.1) is 11.8 Å². The van der Waals surface area contributed by atoms with Crippen molar-refractivity contribution in [2.75, 3.05) is 13.2 Å². The van der Waals surface area contributed by atoms with E-state index in [0.717, 1.165) is 18.4 Å². The molecular formula is C15H22O5. The highest BCUT2D eigenvalue weighted by Gasteiger charge is 2.43. The third-order valence-corrected chi connectivity index (χ3v) is 4.24. The maximum absolute atomic E-state index is 11.7. The van der Waals surface area contributed by atoms with E-state index in [1.807, 2.05) is 6.08 Å². The second-order valence-electron chi connectivity index (χ2n) is 5.65. The minimum absolute atomic E-state index is 0.0164. The normalized spacial score (nSPS) is 37.9. The molecule has 0 radical (unpaired) electrons. The Morgan fingerprint density at radius 2 is 2.15 bits per heavy atom. The van der Waals surface area contributed by atoms with Crippen molar-refractivity contribution in [2.24, 2.45) is 11.8 Å². The molecule has 2 rings (SSSR count). The van der Waals surface area contributed by atoms with Crippen LogP contribution in [0.1, 0.15) is 25.7 Å². The number of allylic oxidation sites excluding steroid dienone is 1. The lowest BCUT2D eigenvalue weighted by molar-refractivity contribution is -0.140. The molecule has 1 aliphatic heterocycles. The smallest absolute Gasteiger partial charge is 0.334 e. The summed E-state index contributed by atoms with van der Waals surface area (Å²) in [4.78, 5) is 11.7. The highest BCUT2D eigenvalue weighted by atomic mass is 16.6. The topological polar surface area (TPSA) is 87.0 Å². The van der Waals surface area contributed by atoms with Crippen LogP contribution in [0.5, 0.6) is 0 Å². The molecule has 3 N–H and O–H groups in total. The largest absolute Gasteiger partial charge is 0.458 e. The average molecular weight is 282 g/mol. The molecule has 1 aliphatic carbocycles. The number of hydrogen-bond donors (Lipinski definition) is 3. The molecule has 0 unspecified atom stereocenters. The first-order chi connectivity index (χ1) is 9.56. The van der Waals surface area contributed by atoms with E-state index in [1.165, 1.54) is 0 Å². The van der Waals surface area contributed by atoms with Crippen molar-refractivity contribution in [1.29, 1.82) is 0 Å². The molecule has 20 heavy (non-hydrogen) atoms. The maximum atomic E-state index is 11.7. The standard InChI is InChI=1S/C15H22O5/c1-9-14-12(18)5-10(7-16)3-2-4-11(8-17)6-13(14)20-15(9)19/h3,11-14,16-18H,1-2,4-8H2/b10-3+/t11-,12-,13-,14-/m1/s1. The van der Waals surface area contributed by atoms with Crippen molar-refractivity contribution in [3.63, 3.8) is 0 Å². The Labute approximate surface area is 118 Å². The first kappa shape index (κ1) is 15.2. The van der Waals surface area contributed by atoms with E-state index in [-0.39, 0.29) is 24.7 Å². The third-order valence-electron chi connectivity index (χ3n) is 4.24. The Hall–Kier alpha value is -1.17. The van der Waals surface area contributed by atoms with Gasteiger partial charge >= 0.3 is 5.97 Å². The van der Waals surface area contributed by atoms with E-state index >= 15 is 0 Å². The van der Waals surface area contributed by atoms with Gasteiger partial charge in [-0.2, -0.15) is 0 Å². The van der Waals surface area contributed by atoms with E-state index in [0.29, 0.717) is 12.8 Å². The Morgan fingerprint density at radius 1 is 1.40 bits per heavy atom. The van der Waals surface area contributed by atoms with Crippen molar-refractivity contribution in [3.05, 3.63) is 23.8 Å². The average Bonchev–Trinajstić information content (AvgIpc) is 2.71. The maximum Gasteiger partial charge on any atom is 0.334 e. The molecule has 112 valence electrons. The van der Waals surface area contributed by atoms with E-state index < -0.39 is 24.1 Å². The summed E-state index contributed by atoms with van der Waals surface area (Å²) in [6.45, 7) is 3.63. The minimum Gasteiger partial charge on any atom is -0.458 e. The monoisotopic (exact) mass is 282 g/mol. The van der Waals surface area contributed by atoms with Gasteiger partial charge < -0.3 is 20.1 Å². The van der Waals surface area contributed by atoms with E-state index in [2.05, 4.69) is 6.58 Å². The van der Waals surface area contributed by atoms with Crippen LogP contribution in [0.15, 0.2) is 23.8 Å². The number of carbonyl (C=O) groups is 1. The summed E-state index contributed by atoms with van der Waals surface area (Å²) >= 11 is 0. The molecule has 0 aromatic heterocycles. The summed E-state index contributed by atoms with van der Waals surface area (Å²) in [6.07, 6.45) is 3.04. The molecule has 0 aromatic rings. The van der Waals surface area contributed by atoms with Gasteiger partial charge in [-0.1, -0.05) is 12.7 Å². The highest BCUT2D eigenvalue weighted by molar-refractivity contribution is 5.91. The predicted octanol–water partition coefficient (Wildman–Crippen LogP) is 0.546. The summed E-state index contributed by atoms with van der Waals surface area (Å²) < 4.78 is 5.29. The van der Waals surface area contributed by atoms with Crippen molar-refractivity contribution in [1.82, 2.24) is 0 Å². The second-order valence-corrected chi connectivity index (χ2v) is 5.65. The SMILES string of the molecule is C=C1C(=O)O[C@@H]2C[C@H](CO)CC/C=C(/CO)C[C@@H](O)[C@@H]12. The van der Waals surface area contributed by atoms with E-state index in [9.17, 15) is 20.1 Å². The zero-order valence-corrected chi connectivity index (χ0v) is 11.5. The number of esters is 1. The highest BCUT2D eigenvalue weighted by Crippen LogP contribution is 2.36. The van der Waals surface area contributed by atoms with Gasteiger partial charge in [-0.25, -0.2) is 4.79 Å². The number of fused-ring (bicyclic) bond motifs is 1. The molecule has 1 fully saturated rings. The van der Waals surface area contributed by atoms with Gasteiger partial charge in [0, 0.05) is 12.2 Å². The van der Waals surface area contributed by atoms with Crippen molar-refractivity contribution in [3.8, 4) is 0 Å². The van der Waals surface area contributed by atoms with Crippen LogP contribution in [-0.4, -0.2) is 46.7 Å². The van der Waals surface area contributed by atoms with Crippen LogP contribution in [0.2, 0.25) is 0 Å². The Bertz CT molecular complexity index is 414. The van der Waals surface area contributed by atoms with Gasteiger partial charge in [0.2, 0.25) is 0 Å². The number of hydrogen-bond acceptors (Lipinski definition) is 5. The molecule has 0 aromatic carbocycles. The second kappa shape index (κ2) is 6.52. The van der Waals surface area contributed by atoms with Crippen LogP contribution < -0.4 is 0 Å². The molecule has 5 nitrogen and oxygen atoms in total. The van der Waals surface area contributed by atoms with Crippen LogP contribution in [0.25, 0.3) is 0 Å². The van der Waals surface area contributed by atoms with Crippen LogP contribution in [0.4, 0.5) is 0 Å². The zero-order chi connectivity index (χ0) is 14.7. The fraction of sp³-hybridized carbons (Fsp3) is 0.667. The predicted molar refractivity (Wildman–Crippen MR) is 72.7 cm³/mol. The lowest BCUT2D eigenvalue weighted by Gasteiger charge is -2.27. The summed E-state index contributed by atoms with van der Waals surface area (Å²) in [5.41, 5.74) is 1.04. The fourth-order valence-corrected chi connectivity index (χ4v) is 3.07. The Kier molecular flexibility index (Phi) is 4.96. The number of rotatable bonds is 2. The molecule has 1 heterocycles. The number of ether oxygens (including phenoxy) is 1. The number of carbonyl (C=O) groups excluding carboxylic acids is 1. The summed E-state index contributed by atoms with van der Waals surface area (Å²) in [5.74, 6) is -0.906. The number of aliphatic hydroxyl groups is 3. The summed E-state index contributed by atoms with van der Waals surface area (Å²) in [5, 5.41) is 29.1. The molecule has 0 saturated carbocycles. The lowest BCUT2D eigenvalue weighted by atomic mass is 9.82.